The Kier molecular flexibility index (Phi) is 8.57. The van der Waals surface area contributed by atoms with E-state index < -0.39 is 23.2 Å². The minimum atomic E-state index is -1.01. The van der Waals surface area contributed by atoms with Crippen LogP contribution in [0.3, 0.4) is 0 Å². The Hall–Kier alpha value is -2.39. The Balaban J connectivity index is 1.82. The second-order valence-electron chi connectivity index (χ2n) is 9.74. The van der Waals surface area contributed by atoms with E-state index in [4.69, 9.17) is 50.9 Å². The molecule has 204 valence electrons. The second kappa shape index (κ2) is 11.4. The molecule has 0 N–H and O–H groups in total. The summed E-state index contributed by atoms with van der Waals surface area (Å²) in [6.07, 6.45) is 4.05. The normalized spacial score (nSPS) is 17.0. The van der Waals surface area contributed by atoms with E-state index in [-0.39, 0.29) is 26.8 Å². The highest BCUT2D eigenvalue weighted by atomic mass is 35.5. The van der Waals surface area contributed by atoms with Crippen molar-refractivity contribution in [3.63, 3.8) is 0 Å². The molecule has 3 aromatic rings. The lowest BCUT2D eigenvalue weighted by Gasteiger charge is -2.34. The maximum absolute atomic E-state index is 13.9. The predicted octanol–water partition coefficient (Wildman–Crippen LogP) is 7.40. The van der Waals surface area contributed by atoms with Crippen LogP contribution in [0.25, 0.3) is 5.69 Å². The number of unbranched alkanes of at least 4 members (excludes halogenated alkanes) is 4. The van der Waals surface area contributed by atoms with Crippen LogP contribution >= 0.6 is 46.4 Å². The van der Waals surface area contributed by atoms with Gasteiger partial charge >= 0.3 is 17.5 Å². The van der Waals surface area contributed by atoms with Crippen LogP contribution in [0.4, 0.5) is 10.5 Å². The number of urea groups is 1. The van der Waals surface area contributed by atoms with Crippen molar-refractivity contribution in [2.24, 2.45) is 0 Å². The SMILES string of the molecule is CCCCCCCN1C(=O)N(c2ccc(Cl)c(Cl)c2)[C@@H](n2oc(=O)n(-c3ccc(Cl)c(Cl)c3)c2=O)C1(C)C. The van der Waals surface area contributed by atoms with E-state index in [9.17, 15) is 14.4 Å². The molecule has 2 amide bonds. The van der Waals surface area contributed by atoms with Crippen molar-refractivity contribution in [2.45, 2.75) is 64.6 Å². The molecule has 1 fully saturated rings. The molecule has 8 nitrogen and oxygen atoms in total. The first-order valence-corrected chi connectivity index (χ1v) is 13.9. The average molecular weight is 602 g/mol. The predicted molar refractivity (Wildman–Crippen MR) is 152 cm³/mol. The molecule has 0 aliphatic carbocycles. The molecule has 1 aromatic heterocycles. The monoisotopic (exact) mass is 600 g/mol. The van der Waals surface area contributed by atoms with Gasteiger partial charge in [-0.1, -0.05) is 79.0 Å². The highest BCUT2D eigenvalue weighted by Crippen LogP contribution is 2.43. The number of rotatable bonds is 9. The lowest BCUT2D eigenvalue weighted by atomic mass is 9.99. The van der Waals surface area contributed by atoms with Gasteiger partial charge in [-0.05, 0) is 56.7 Å². The van der Waals surface area contributed by atoms with Crippen LogP contribution in [-0.2, 0) is 0 Å². The molecule has 12 heteroatoms. The molecule has 0 saturated carbocycles. The van der Waals surface area contributed by atoms with Gasteiger partial charge in [-0.2, -0.15) is 4.57 Å². The molecular formula is C26H28Cl4N4O4. The molecule has 1 atom stereocenters. The van der Waals surface area contributed by atoms with Crippen molar-refractivity contribution in [2.75, 3.05) is 11.4 Å². The Morgan fingerprint density at radius 1 is 0.816 bits per heavy atom. The lowest BCUT2D eigenvalue weighted by molar-refractivity contribution is 0.0958. The molecule has 1 aliphatic rings. The number of hydrogen-bond donors (Lipinski definition) is 0. The zero-order valence-electron chi connectivity index (χ0n) is 21.2. The maximum atomic E-state index is 13.9. The number of carbonyl (C=O) groups is 1. The third-order valence-electron chi connectivity index (χ3n) is 6.80. The van der Waals surface area contributed by atoms with Gasteiger partial charge in [0.05, 0.1) is 31.3 Å². The number of nitrogens with zero attached hydrogens (tertiary/aromatic N) is 4. The molecule has 0 unspecified atom stereocenters. The van der Waals surface area contributed by atoms with E-state index in [1.54, 1.807) is 23.1 Å². The van der Waals surface area contributed by atoms with Gasteiger partial charge < -0.3 is 9.42 Å². The summed E-state index contributed by atoms with van der Waals surface area (Å²) in [6, 6.07) is 8.79. The third-order valence-corrected chi connectivity index (χ3v) is 8.28. The van der Waals surface area contributed by atoms with E-state index in [0.717, 1.165) is 41.4 Å². The fourth-order valence-corrected chi connectivity index (χ4v) is 5.39. The van der Waals surface area contributed by atoms with Crippen molar-refractivity contribution in [3.8, 4) is 5.69 Å². The number of amides is 2. The molecule has 1 aliphatic heterocycles. The number of hydrogen-bond acceptors (Lipinski definition) is 4. The first-order chi connectivity index (χ1) is 18.0. The fourth-order valence-electron chi connectivity index (χ4n) is 4.81. The van der Waals surface area contributed by atoms with Crippen LogP contribution in [0.5, 0.6) is 0 Å². The molecule has 4 rings (SSSR count). The number of benzene rings is 2. The lowest BCUT2D eigenvalue weighted by Crippen LogP contribution is -2.47. The summed E-state index contributed by atoms with van der Waals surface area (Å²) in [6.45, 7) is 6.28. The summed E-state index contributed by atoms with van der Waals surface area (Å²) in [4.78, 5) is 43.6. The van der Waals surface area contributed by atoms with Crippen molar-refractivity contribution >= 4 is 58.1 Å². The van der Waals surface area contributed by atoms with Crippen molar-refractivity contribution < 1.29 is 9.32 Å². The Morgan fingerprint density at radius 2 is 1.39 bits per heavy atom. The number of aromatic nitrogens is 2. The van der Waals surface area contributed by atoms with Gasteiger partial charge in [-0.15, -0.1) is 4.74 Å². The van der Waals surface area contributed by atoms with E-state index in [1.165, 1.54) is 23.1 Å². The molecule has 0 radical (unpaired) electrons. The largest absolute Gasteiger partial charge is 0.447 e. The average Bonchev–Trinajstić information content (AvgIpc) is 3.25. The zero-order chi connectivity index (χ0) is 27.8. The zero-order valence-corrected chi connectivity index (χ0v) is 24.2. The van der Waals surface area contributed by atoms with Gasteiger partial charge in [0.2, 0.25) is 0 Å². The van der Waals surface area contributed by atoms with Gasteiger partial charge in [0.1, 0.15) is 0 Å². The van der Waals surface area contributed by atoms with E-state index >= 15 is 0 Å². The van der Waals surface area contributed by atoms with Crippen LogP contribution in [0, 0.1) is 0 Å². The standard InChI is InChI=1S/C26H28Cl4N4O4/c1-4-5-6-7-8-13-31-23(35)32(16-9-11-18(27)20(29)14-16)22(26(31,2)3)34-24(36)33(25(37)38-34)17-10-12-19(28)21(30)15-17/h9-12,14-15,22H,4-8,13H2,1-3H3/t22-/m0/s1. The third kappa shape index (κ3) is 5.24. The summed E-state index contributed by atoms with van der Waals surface area (Å²) in [5.74, 6) is -0.927. The van der Waals surface area contributed by atoms with Crippen molar-refractivity contribution in [1.29, 1.82) is 0 Å². The van der Waals surface area contributed by atoms with Crippen LogP contribution in [0.15, 0.2) is 50.5 Å². The van der Waals surface area contributed by atoms with Crippen LogP contribution in [0.2, 0.25) is 20.1 Å². The molecule has 38 heavy (non-hydrogen) atoms. The molecule has 0 spiro atoms. The highest BCUT2D eigenvalue weighted by Gasteiger charge is 2.55. The van der Waals surface area contributed by atoms with Crippen LogP contribution < -0.4 is 16.3 Å². The topological polar surface area (TPSA) is 80.7 Å². The van der Waals surface area contributed by atoms with Crippen LogP contribution in [0.1, 0.15) is 59.0 Å². The molecule has 1 saturated heterocycles. The van der Waals surface area contributed by atoms with E-state index in [0.29, 0.717) is 17.3 Å². The van der Waals surface area contributed by atoms with Crippen LogP contribution in [-0.4, -0.2) is 32.3 Å². The first-order valence-electron chi connectivity index (χ1n) is 12.3. The van der Waals surface area contributed by atoms with Gasteiger partial charge in [0.15, 0.2) is 6.17 Å². The summed E-state index contributed by atoms with van der Waals surface area (Å²) in [5, 5.41) is 1.01. The molecular weight excluding hydrogens is 574 g/mol. The summed E-state index contributed by atoms with van der Waals surface area (Å²) in [7, 11) is 0. The van der Waals surface area contributed by atoms with Crippen molar-refractivity contribution in [1.82, 2.24) is 14.2 Å². The highest BCUT2D eigenvalue weighted by molar-refractivity contribution is 6.42. The van der Waals surface area contributed by atoms with Crippen molar-refractivity contribution in [3.05, 3.63) is 77.5 Å². The smallest absolute Gasteiger partial charge is 0.315 e. The molecule has 2 heterocycles. The van der Waals surface area contributed by atoms with E-state index in [2.05, 4.69) is 6.92 Å². The minimum Gasteiger partial charge on any atom is -0.315 e. The number of anilines is 1. The Labute approximate surface area is 240 Å². The summed E-state index contributed by atoms with van der Waals surface area (Å²) in [5.41, 5.74) is -1.12. The van der Waals surface area contributed by atoms with Gasteiger partial charge in [-0.25, -0.2) is 14.4 Å². The van der Waals surface area contributed by atoms with Gasteiger partial charge in [0, 0.05) is 12.2 Å². The number of halogens is 4. The minimum absolute atomic E-state index is 0.172. The Morgan fingerprint density at radius 3 is 2.00 bits per heavy atom. The van der Waals surface area contributed by atoms with Gasteiger partial charge in [-0.3, -0.25) is 4.90 Å². The molecule has 0 bridgehead atoms. The Bertz CT molecular complexity index is 1460. The van der Waals surface area contributed by atoms with Gasteiger partial charge in [0.25, 0.3) is 0 Å². The number of carbonyl (C=O) groups excluding carboxylic acids is 1. The maximum Gasteiger partial charge on any atom is 0.447 e. The van der Waals surface area contributed by atoms with E-state index in [1.807, 2.05) is 13.8 Å². The first kappa shape index (κ1) is 28.6. The summed E-state index contributed by atoms with van der Waals surface area (Å²) < 4.78 is 7.29. The molecule has 2 aromatic carbocycles. The summed E-state index contributed by atoms with van der Waals surface area (Å²) >= 11 is 24.6. The quantitative estimate of drug-likeness (QED) is 0.239. The second-order valence-corrected chi connectivity index (χ2v) is 11.4. The fraction of sp³-hybridized carbons (Fsp3) is 0.423.